The van der Waals surface area contributed by atoms with Crippen LogP contribution in [0.1, 0.15) is 40.5 Å². The highest BCUT2D eigenvalue weighted by Gasteiger charge is 2.30. The van der Waals surface area contributed by atoms with Crippen LogP contribution in [0, 0.1) is 17.3 Å². The Morgan fingerprint density at radius 2 is 2.12 bits per heavy atom. The van der Waals surface area contributed by atoms with Crippen molar-refractivity contribution in [2.45, 2.75) is 46.6 Å². The predicted molar refractivity (Wildman–Crippen MR) is 69.5 cm³/mol. The molecule has 3 heteroatoms. The van der Waals surface area contributed by atoms with E-state index >= 15 is 0 Å². The number of aliphatic hydroxyl groups excluding tert-OH is 1. The number of amides is 1. The lowest BCUT2D eigenvalue weighted by Gasteiger charge is -2.27. The topological polar surface area (TPSA) is 49.3 Å². The van der Waals surface area contributed by atoms with Gasteiger partial charge in [-0.3, -0.25) is 4.79 Å². The Balaban J connectivity index is 2.47. The first-order valence-electron chi connectivity index (χ1n) is 6.45. The third-order valence-electron chi connectivity index (χ3n) is 3.26. The van der Waals surface area contributed by atoms with Gasteiger partial charge in [0.2, 0.25) is 5.91 Å². The van der Waals surface area contributed by atoms with Crippen LogP contribution in [0.3, 0.4) is 0 Å². The Morgan fingerprint density at radius 3 is 2.59 bits per heavy atom. The molecule has 1 aliphatic carbocycles. The van der Waals surface area contributed by atoms with E-state index in [0.29, 0.717) is 5.92 Å². The Hall–Kier alpha value is -0.830. The minimum Gasteiger partial charge on any atom is -0.396 e. The highest BCUT2D eigenvalue weighted by atomic mass is 16.3. The number of carbonyl (C=O) groups is 1. The Kier molecular flexibility index (Phi) is 4.75. The zero-order chi connectivity index (χ0) is 13.1. The van der Waals surface area contributed by atoms with Crippen molar-refractivity contribution in [3.05, 3.63) is 12.2 Å². The molecule has 0 heterocycles. The van der Waals surface area contributed by atoms with Gasteiger partial charge in [-0.1, -0.05) is 39.8 Å². The summed E-state index contributed by atoms with van der Waals surface area (Å²) in [6, 6.07) is 0.0890. The van der Waals surface area contributed by atoms with Crippen LogP contribution in [-0.4, -0.2) is 23.7 Å². The van der Waals surface area contributed by atoms with E-state index in [4.69, 9.17) is 5.11 Å². The van der Waals surface area contributed by atoms with E-state index < -0.39 is 0 Å². The smallest absolute Gasteiger partial charge is 0.226 e. The maximum Gasteiger partial charge on any atom is 0.226 e. The number of aliphatic hydroxyl groups is 1. The Morgan fingerprint density at radius 1 is 1.47 bits per heavy atom. The van der Waals surface area contributed by atoms with E-state index in [2.05, 4.69) is 19.2 Å². The van der Waals surface area contributed by atoms with E-state index in [0.717, 1.165) is 12.8 Å². The first kappa shape index (κ1) is 14.2. The van der Waals surface area contributed by atoms with Crippen LogP contribution in [0.5, 0.6) is 0 Å². The van der Waals surface area contributed by atoms with Crippen molar-refractivity contribution in [1.29, 1.82) is 0 Å². The summed E-state index contributed by atoms with van der Waals surface area (Å²) in [5, 5.41) is 12.1. The van der Waals surface area contributed by atoms with E-state index in [1.807, 2.05) is 26.0 Å². The molecule has 3 nitrogen and oxygen atoms in total. The summed E-state index contributed by atoms with van der Waals surface area (Å²) in [5.74, 6) is 0.827. The van der Waals surface area contributed by atoms with Gasteiger partial charge in [0, 0.05) is 24.0 Å². The fourth-order valence-electron chi connectivity index (χ4n) is 2.49. The molecule has 1 amide bonds. The molecule has 98 valence electrons. The number of rotatable bonds is 5. The van der Waals surface area contributed by atoms with Crippen LogP contribution in [0.2, 0.25) is 0 Å². The first-order valence-corrected chi connectivity index (χ1v) is 6.45. The van der Waals surface area contributed by atoms with E-state index in [9.17, 15) is 4.79 Å². The minimum absolute atomic E-state index is 0.0890. The van der Waals surface area contributed by atoms with Crippen molar-refractivity contribution in [3.8, 4) is 0 Å². The first-order chi connectivity index (χ1) is 7.85. The summed E-state index contributed by atoms with van der Waals surface area (Å²) in [6.45, 7) is 8.41. The summed E-state index contributed by atoms with van der Waals surface area (Å²) in [5.41, 5.74) is -0.320. The lowest BCUT2D eigenvalue weighted by molar-refractivity contribution is -0.130. The summed E-state index contributed by atoms with van der Waals surface area (Å²) < 4.78 is 0. The standard InChI is InChI=1S/C14H25NO2/c1-10(2)8-14(3,4)13(17)15-12-6-5-11(7-12)9-16/h5-6,10-12,16H,7-9H2,1-4H3,(H,15,17)/t11-,12+/m0/s1. The quantitative estimate of drug-likeness (QED) is 0.722. The van der Waals surface area contributed by atoms with Crippen LogP contribution < -0.4 is 5.32 Å². The monoisotopic (exact) mass is 239 g/mol. The van der Waals surface area contributed by atoms with Gasteiger partial charge < -0.3 is 10.4 Å². The van der Waals surface area contributed by atoms with E-state index in [-0.39, 0.29) is 29.9 Å². The number of hydrogen-bond acceptors (Lipinski definition) is 2. The molecule has 0 radical (unpaired) electrons. The minimum atomic E-state index is -0.320. The maximum atomic E-state index is 12.1. The molecule has 2 N–H and O–H groups in total. The SMILES string of the molecule is CC(C)CC(C)(C)C(=O)N[C@@H]1C=C[C@H](CO)C1. The van der Waals surface area contributed by atoms with E-state index in [1.165, 1.54) is 0 Å². The fraction of sp³-hybridized carbons (Fsp3) is 0.786. The van der Waals surface area contributed by atoms with Crippen LogP contribution in [0.25, 0.3) is 0 Å². The normalized spacial score (nSPS) is 24.4. The lowest BCUT2D eigenvalue weighted by Crippen LogP contribution is -2.42. The predicted octanol–water partition coefficient (Wildman–Crippen LogP) is 2.11. The van der Waals surface area contributed by atoms with Crippen LogP contribution in [0.15, 0.2) is 12.2 Å². The zero-order valence-electron chi connectivity index (χ0n) is 11.4. The molecular weight excluding hydrogens is 214 g/mol. The second kappa shape index (κ2) is 5.67. The summed E-state index contributed by atoms with van der Waals surface area (Å²) in [7, 11) is 0. The lowest BCUT2D eigenvalue weighted by atomic mass is 9.83. The van der Waals surface area contributed by atoms with Gasteiger partial charge in [0.1, 0.15) is 0 Å². The average molecular weight is 239 g/mol. The van der Waals surface area contributed by atoms with Crippen molar-refractivity contribution in [3.63, 3.8) is 0 Å². The van der Waals surface area contributed by atoms with E-state index in [1.54, 1.807) is 0 Å². The Bertz CT molecular complexity index is 295. The number of nitrogens with one attached hydrogen (secondary N) is 1. The van der Waals surface area contributed by atoms with Crippen LogP contribution in [0.4, 0.5) is 0 Å². The summed E-state index contributed by atoms with van der Waals surface area (Å²) in [6.07, 6.45) is 5.68. The average Bonchev–Trinajstić information content (AvgIpc) is 2.63. The van der Waals surface area contributed by atoms with Crippen molar-refractivity contribution < 1.29 is 9.90 Å². The molecule has 17 heavy (non-hydrogen) atoms. The molecule has 0 saturated carbocycles. The molecule has 0 fully saturated rings. The fourth-order valence-corrected chi connectivity index (χ4v) is 2.49. The Labute approximate surface area is 104 Å². The zero-order valence-corrected chi connectivity index (χ0v) is 11.4. The van der Waals surface area contributed by atoms with Gasteiger partial charge in [-0.2, -0.15) is 0 Å². The second-order valence-electron chi connectivity index (χ2n) is 6.13. The molecular formula is C14H25NO2. The van der Waals surface area contributed by atoms with Crippen molar-refractivity contribution in [1.82, 2.24) is 5.32 Å². The molecule has 0 unspecified atom stereocenters. The molecule has 0 aromatic rings. The third-order valence-corrected chi connectivity index (χ3v) is 3.26. The highest BCUT2D eigenvalue weighted by molar-refractivity contribution is 5.82. The molecule has 1 aliphatic rings. The van der Waals surface area contributed by atoms with Crippen molar-refractivity contribution in [2.24, 2.45) is 17.3 Å². The number of carbonyl (C=O) groups excluding carboxylic acids is 1. The van der Waals surface area contributed by atoms with Gasteiger partial charge in [-0.25, -0.2) is 0 Å². The number of hydrogen-bond donors (Lipinski definition) is 2. The van der Waals surface area contributed by atoms with Gasteiger partial charge in [0.05, 0.1) is 0 Å². The van der Waals surface area contributed by atoms with Gasteiger partial charge in [-0.15, -0.1) is 0 Å². The van der Waals surface area contributed by atoms with Crippen LogP contribution in [-0.2, 0) is 4.79 Å². The largest absolute Gasteiger partial charge is 0.396 e. The maximum absolute atomic E-state index is 12.1. The van der Waals surface area contributed by atoms with Gasteiger partial charge >= 0.3 is 0 Å². The molecule has 1 rings (SSSR count). The molecule has 0 aromatic carbocycles. The molecule has 0 saturated heterocycles. The second-order valence-corrected chi connectivity index (χ2v) is 6.13. The third kappa shape index (κ3) is 4.15. The molecule has 0 spiro atoms. The molecule has 2 atom stereocenters. The summed E-state index contributed by atoms with van der Waals surface area (Å²) in [4.78, 5) is 12.1. The molecule has 0 aromatic heterocycles. The van der Waals surface area contributed by atoms with Crippen LogP contribution >= 0.6 is 0 Å². The van der Waals surface area contributed by atoms with Crippen molar-refractivity contribution >= 4 is 5.91 Å². The van der Waals surface area contributed by atoms with Crippen molar-refractivity contribution in [2.75, 3.05) is 6.61 Å². The van der Waals surface area contributed by atoms with Gasteiger partial charge in [0.25, 0.3) is 0 Å². The van der Waals surface area contributed by atoms with Gasteiger partial charge in [-0.05, 0) is 18.8 Å². The highest BCUT2D eigenvalue weighted by Crippen LogP contribution is 2.26. The molecule has 0 aliphatic heterocycles. The molecule has 0 bridgehead atoms. The summed E-state index contributed by atoms with van der Waals surface area (Å²) >= 11 is 0. The van der Waals surface area contributed by atoms with Gasteiger partial charge in [0.15, 0.2) is 0 Å².